The van der Waals surface area contributed by atoms with Crippen molar-refractivity contribution >= 4 is 29.0 Å². The van der Waals surface area contributed by atoms with Gasteiger partial charge in [0, 0.05) is 22.8 Å². The van der Waals surface area contributed by atoms with E-state index in [0.29, 0.717) is 24.6 Å². The Hall–Kier alpha value is -2.41. The molecule has 2 aromatic rings. The lowest BCUT2D eigenvalue weighted by molar-refractivity contribution is 0.0931. The molecule has 6 nitrogen and oxygen atoms in total. The van der Waals surface area contributed by atoms with Gasteiger partial charge in [0.05, 0.1) is 12.6 Å². The number of cyclic esters (lactones) is 1. The maximum atomic E-state index is 12.5. The van der Waals surface area contributed by atoms with Gasteiger partial charge in [-0.15, -0.1) is 11.3 Å². The Morgan fingerprint density at radius 1 is 1.33 bits per heavy atom. The monoisotopic (exact) mass is 343 g/mol. The molecule has 1 atom stereocenters. The van der Waals surface area contributed by atoms with E-state index < -0.39 is 0 Å². The molecule has 0 spiro atoms. The van der Waals surface area contributed by atoms with Gasteiger partial charge in [-0.2, -0.15) is 0 Å². The molecular formula is C17H17N3O3S. The first-order chi connectivity index (χ1) is 11.7. The summed E-state index contributed by atoms with van der Waals surface area (Å²) in [6, 6.07) is 7.02. The average Bonchev–Trinajstić information content (AvgIpc) is 3.11. The second-order valence-corrected chi connectivity index (χ2v) is 6.90. The van der Waals surface area contributed by atoms with Gasteiger partial charge in [0.15, 0.2) is 0 Å². The summed E-state index contributed by atoms with van der Waals surface area (Å²) >= 11 is 1.57. The van der Waals surface area contributed by atoms with Gasteiger partial charge < -0.3 is 10.1 Å². The van der Waals surface area contributed by atoms with Crippen molar-refractivity contribution in [2.75, 3.05) is 18.1 Å². The summed E-state index contributed by atoms with van der Waals surface area (Å²) in [7, 11) is 0. The Morgan fingerprint density at radius 3 is 2.71 bits per heavy atom. The molecule has 1 aromatic carbocycles. The minimum absolute atomic E-state index is 0.00858. The molecule has 4 rings (SSSR count). The van der Waals surface area contributed by atoms with Gasteiger partial charge in [-0.05, 0) is 43.0 Å². The van der Waals surface area contributed by atoms with Crippen molar-refractivity contribution < 1.29 is 14.3 Å². The molecule has 1 N–H and O–H groups in total. The molecule has 24 heavy (non-hydrogen) atoms. The summed E-state index contributed by atoms with van der Waals surface area (Å²) in [5, 5.41) is 5.99. The zero-order chi connectivity index (χ0) is 16.5. The second kappa shape index (κ2) is 6.24. The van der Waals surface area contributed by atoms with E-state index >= 15 is 0 Å². The minimum atomic E-state index is -0.343. The van der Waals surface area contributed by atoms with Crippen LogP contribution in [0, 0.1) is 5.92 Å². The van der Waals surface area contributed by atoms with Crippen LogP contribution in [0.15, 0.2) is 35.8 Å². The van der Waals surface area contributed by atoms with Crippen molar-refractivity contribution in [2.45, 2.75) is 18.9 Å². The van der Waals surface area contributed by atoms with Crippen molar-refractivity contribution in [2.24, 2.45) is 5.92 Å². The Labute approximate surface area is 143 Å². The van der Waals surface area contributed by atoms with Gasteiger partial charge in [0.2, 0.25) is 0 Å². The number of benzene rings is 1. The lowest BCUT2D eigenvalue weighted by atomic mass is 10.1. The molecule has 2 fully saturated rings. The fraction of sp³-hybridized carbons (Fsp3) is 0.353. The van der Waals surface area contributed by atoms with Crippen LogP contribution in [0.4, 0.5) is 10.5 Å². The SMILES string of the molecule is O=C(NC(c1nccs1)C1CC1)c1ccc(N2CCOC2=O)cc1. The maximum absolute atomic E-state index is 12.5. The number of thiazole rings is 1. The van der Waals surface area contributed by atoms with Gasteiger partial charge in [-0.25, -0.2) is 9.78 Å². The first-order valence-electron chi connectivity index (χ1n) is 7.97. The number of nitrogens with one attached hydrogen (secondary N) is 1. The highest BCUT2D eigenvalue weighted by molar-refractivity contribution is 7.09. The van der Waals surface area contributed by atoms with E-state index in [1.54, 1.807) is 46.7 Å². The molecule has 0 radical (unpaired) electrons. The molecule has 1 aromatic heterocycles. The van der Waals surface area contributed by atoms with Gasteiger partial charge in [0.25, 0.3) is 5.91 Å². The number of hydrogen-bond acceptors (Lipinski definition) is 5. The van der Waals surface area contributed by atoms with Crippen LogP contribution in [-0.2, 0) is 4.74 Å². The molecule has 124 valence electrons. The summed E-state index contributed by atoms with van der Waals surface area (Å²) in [6.07, 6.45) is 3.68. The average molecular weight is 343 g/mol. The number of nitrogens with zero attached hydrogens (tertiary/aromatic N) is 2. The van der Waals surface area contributed by atoms with Gasteiger partial charge in [0.1, 0.15) is 11.6 Å². The zero-order valence-corrected chi connectivity index (χ0v) is 13.8. The van der Waals surface area contributed by atoms with Crippen molar-refractivity contribution in [1.29, 1.82) is 0 Å². The third kappa shape index (κ3) is 2.99. The number of aromatic nitrogens is 1. The fourth-order valence-corrected chi connectivity index (χ4v) is 3.62. The van der Waals surface area contributed by atoms with E-state index in [1.807, 2.05) is 5.38 Å². The van der Waals surface area contributed by atoms with Gasteiger partial charge >= 0.3 is 6.09 Å². The van der Waals surface area contributed by atoms with Crippen molar-refractivity contribution in [3.8, 4) is 0 Å². The van der Waals surface area contributed by atoms with Crippen LogP contribution in [0.5, 0.6) is 0 Å². The molecule has 2 heterocycles. The number of amides is 2. The molecule has 1 unspecified atom stereocenters. The predicted molar refractivity (Wildman–Crippen MR) is 90.2 cm³/mol. The molecule has 1 saturated heterocycles. The molecule has 7 heteroatoms. The van der Waals surface area contributed by atoms with Crippen LogP contribution in [0.25, 0.3) is 0 Å². The number of hydrogen-bond donors (Lipinski definition) is 1. The zero-order valence-electron chi connectivity index (χ0n) is 13.0. The minimum Gasteiger partial charge on any atom is -0.447 e. The summed E-state index contributed by atoms with van der Waals surface area (Å²) in [4.78, 5) is 30.0. The number of ether oxygens (including phenoxy) is 1. The lowest BCUT2D eigenvalue weighted by Gasteiger charge is -2.17. The standard InChI is InChI=1S/C17H17N3O3S/c21-15(19-14(11-1-2-11)16-18-7-10-24-16)12-3-5-13(6-4-12)20-8-9-23-17(20)22/h3-7,10-11,14H,1-2,8-9H2,(H,19,21). The van der Waals surface area contributed by atoms with Crippen LogP contribution in [0.3, 0.4) is 0 Å². The first-order valence-corrected chi connectivity index (χ1v) is 8.85. The third-order valence-corrected chi connectivity index (χ3v) is 5.16. The Bertz CT molecular complexity index is 741. The normalized spacial score (nSPS) is 18.3. The molecular weight excluding hydrogens is 326 g/mol. The van der Waals surface area contributed by atoms with Gasteiger partial charge in [-0.1, -0.05) is 0 Å². The van der Waals surface area contributed by atoms with E-state index in [-0.39, 0.29) is 18.0 Å². The summed E-state index contributed by atoms with van der Waals surface area (Å²) < 4.78 is 4.93. The summed E-state index contributed by atoms with van der Waals surface area (Å²) in [5.41, 5.74) is 1.32. The number of rotatable bonds is 5. The Kier molecular flexibility index (Phi) is 3.93. The highest BCUT2D eigenvalue weighted by Crippen LogP contribution is 2.41. The molecule has 1 aliphatic carbocycles. The van der Waals surface area contributed by atoms with Gasteiger partial charge in [-0.3, -0.25) is 9.69 Å². The summed E-state index contributed by atoms with van der Waals surface area (Å²) in [5.74, 6) is 0.372. The largest absolute Gasteiger partial charge is 0.447 e. The predicted octanol–water partition coefficient (Wildman–Crippen LogP) is 2.98. The van der Waals surface area contributed by atoms with Crippen LogP contribution in [-0.4, -0.2) is 30.1 Å². The van der Waals surface area contributed by atoms with Crippen LogP contribution in [0.1, 0.15) is 34.2 Å². The highest BCUT2D eigenvalue weighted by Gasteiger charge is 2.35. The van der Waals surface area contributed by atoms with E-state index in [9.17, 15) is 9.59 Å². The van der Waals surface area contributed by atoms with Crippen molar-refractivity contribution in [3.05, 3.63) is 46.4 Å². The van der Waals surface area contributed by atoms with Crippen LogP contribution in [0.2, 0.25) is 0 Å². The third-order valence-electron chi connectivity index (χ3n) is 4.30. The van der Waals surface area contributed by atoms with Crippen molar-refractivity contribution in [1.82, 2.24) is 10.3 Å². The number of carbonyl (C=O) groups is 2. The van der Waals surface area contributed by atoms with E-state index in [0.717, 1.165) is 23.5 Å². The number of carbonyl (C=O) groups excluding carboxylic acids is 2. The quantitative estimate of drug-likeness (QED) is 0.906. The molecule has 2 aliphatic rings. The van der Waals surface area contributed by atoms with Crippen molar-refractivity contribution in [3.63, 3.8) is 0 Å². The molecule has 2 amide bonds. The summed E-state index contributed by atoms with van der Waals surface area (Å²) in [6.45, 7) is 0.941. The molecule has 0 bridgehead atoms. The Morgan fingerprint density at radius 2 is 2.12 bits per heavy atom. The lowest BCUT2D eigenvalue weighted by Crippen LogP contribution is -2.30. The topological polar surface area (TPSA) is 71.5 Å². The van der Waals surface area contributed by atoms with E-state index in [1.165, 1.54) is 0 Å². The Balaban J connectivity index is 1.47. The van der Waals surface area contributed by atoms with Crippen LogP contribution >= 0.6 is 11.3 Å². The van der Waals surface area contributed by atoms with Crippen LogP contribution < -0.4 is 10.2 Å². The number of anilines is 1. The van der Waals surface area contributed by atoms with E-state index in [4.69, 9.17) is 4.74 Å². The molecule has 1 aliphatic heterocycles. The highest BCUT2D eigenvalue weighted by atomic mass is 32.1. The fourth-order valence-electron chi connectivity index (χ4n) is 2.84. The van der Waals surface area contributed by atoms with E-state index in [2.05, 4.69) is 10.3 Å². The first kappa shape index (κ1) is 15.1. The smallest absolute Gasteiger partial charge is 0.414 e. The second-order valence-electron chi connectivity index (χ2n) is 5.97. The molecule has 1 saturated carbocycles. The maximum Gasteiger partial charge on any atom is 0.414 e.